The van der Waals surface area contributed by atoms with Crippen LogP contribution >= 0.6 is 0 Å². The van der Waals surface area contributed by atoms with Gasteiger partial charge in [-0.2, -0.15) is 0 Å². The summed E-state index contributed by atoms with van der Waals surface area (Å²) < 4.78 is 16.2. The highest BCUT2D eigenvalue weighted by Gasteiger charge is 2.29. The molecular weight excluding hydrogens is 298 g/mol. The highest BCUT2D eigenvalue weighted by atomic mass is 16.5. The molecule has 2 aliphatic rings. The Morgan fingerprint density at radius 3 is 2.78 bits per heavy atom. The number of hydrogen-bond acceptors (Lipinski definition) is 6. The summed E-state index contributed by atoms with van der Waals surface area (Å²) in [4.78, 5) is 14.6. The summed E-state index contributed by atoms with van der Waals surface area (Å²) >= 11 is 0. The molecular formula is C16H25N3O4. The molecule has 1 amide bonds. The van der Waals surface area contributed by atoms with Gasteiger partial charge in [0.1, 0.15) is 11.5 Å². The van der Waals surface area contributed by atoms with Crippen LogP contribution in [0.15, 0.2) is 4.52 Å². The van der Waals surface area contributed by atoms with Crippen molar-refractivity contribution in [3.8, 4) is 0 Å². The molecule has 1 aromatic rings. The summed E-state index contributed by atoms with van der Waals surface area (Å²) in [5.41, 5.74) is 1.88. The lowest BCUT2D eigenvalue weighted by Gasteiger charge is -2.32. The molecule has 1 saturated heterocycles. The number of hydrogen-bond donors (Lipinski definition) is 1. The number of nitrogens with zero attached hydrogens (tertiary/aromatic N) is 2. The second kappa shape index (κ2) is 7.42. The Hall–Kier alpha value is -1.44. The molecule has 7 nitrogen and oxygen atoms in total. The topological polar surface area (TPSA) is 76.8 Å². The average molecular weight is 323 g/mol. The second-order valence-electron chi connectivity index (χ2n) is 6.37. The summed E-state index contributed by atoms with van der Waals surface area (Å²) in [5, 5.41) is 7.50. The minimum Gasteiger partial charge on any atom is -0.378 e. The van der Waals surface area contributed by atoms with Gasteiger partial charge in [-0.15, -0.1) is 0 Å². The maximum Gasteiger partial charge on any atom is 0.240 e. The van der Waals surface area contributed by atoms with Gasteiger partial charge in [-0.1, -0.05) is 19.0 Å². The quantitative estimate of drug-likeness (QED) is 0.860. The predicted octanol–water partition coefficient (Wildman–Crippen LogP) is 0.720. The Labute approximate surface area is 136 Å². The Kier molecular flexibility index (Phi) is 5.30. The summed E-state index contributed by atoms with van der Waals surface area (Å²) in [6.45, 7) is 8.40. The van der Waals surface area contributed by atoms with Gasteiger partial charge in [0, 0.05) is 31.6 Å². The highest BCUT2D eigenvalue weighted by molar-refractivity contribution is 5.82. The van der Waals surface area contributed by atoms with Crippen LogP contribution in [-0.4, -0.2) is 54.9 Å². The van der Waals surface area contributed by atoms with E-state index in [2.05, 4.69) is 24.3 Å². The molecule has 0 aromatic carbocycles. The van der Waals surface area contributed by atoms with Crippen LogP contribution < -0.4 is 5.32 Å². The third kappa shape index (κ3) is 3.73. The number of nitrogens with one attached hydrogen (secondary N) is 1. The lowest BCUT2D eigenvalue weighted by molar-refractivity contribution is -0.138. The van der Waals surface area contributed by atoms with Crippen molar-refractivity contribution in [1.82, 2.24) is 15.4 Å². The van der Waals surface area contributed by atoms with Crippen LogP contribution in [0.1, 0.15) is 30.9 Å². The van der Waals surface area contributed by atoms with Gasteiger partial charge in [-0.3, -0.25) is 10.1 Å². The zero-order chi connectivity index (χ0) is 16.2. The number of fused-ring (bicyclic) bond motifs is 1. The van der Waals surface area contributed by atoms with E-state index >= 15 is 0 Å². The van der Waals surface area contributed by atoms with E-state index in [1.165, 1.54) is 0 Å². The third-order valence-electron chi connectivity index (χ3n) is 4.42. The molecule has 23 heavy (non-hydrogen) atoms. The van der Waals surface area contributed by atoms with Crippen molar-refractivity contribution < 1.29 is 18.8 Å². The molecule has 0 spiro atoms. The molecule has 1 unspecified atom stereocenters. The normalized spacial score (nSPS) is 19.7. The van der Waals surface area contributed by atoms with Crippen LogP contribution in [0.25, 0.3) is 0 Å². The Morgan fingerprint density at radius 2 is 2.04 bits per heavy atom. The van der Waals surface area contributed by atoms with E-state index < -0.39 is 0 Å². The van der Waals surface area contributed by atoms with E-state index in [-0.39, 0.29) is 17.9 Å². The summed E-state index contributed by atoms with van der Waals surface area (Å²) in [5.74, 6) is 1.25. The van der Waals surface area contributed by atoms with Crippen molar-refractivity contribution in [2.45, 2.75) is 39.5 Å². The molecule has 3 heterocycles. The van der Waals surface area contributed by atoms with Crippen LogP contribution in [0.5, 0.6) is 0 Å². The Morgan fingerprint density at radius 1 is 1.26 bits per heavy atom. The number of rotatable bonds is 5. The van der Waals surface area contributed by atoms with Gasteiger partial charge in [0.2, 0.25) is 5.91 Å². The first kappa shape index (κ1) is 16.4. The average Bonchev–Trinajstić information content (AvgIpc) is 2.99. The molecule has 0 saturated carbocycles. The monoisotopic (exact) mass is 323 g/mol. The zero-order valence-corrected chi connectivity index (χ0v) is 13.8. The van der Waals surface area contributed by atoms with Crippen molar-refractivity contribution >= 4 is 5.91 Å². The number of ether oxygens (including phenoxy) is 2. The molecule has 2 aliphatic heterocycles. The van der Waals surface area contributed by atoms with E-state index in [0.29, 0.717) is 46.1 Å². The van der Waals surface area contributed by atoms with Crippen molar-refractivity contribution in [2.24, 2.45) is 5.92 Å². The third-order valence-corrected chi connectivity index (χ3v) is 4.42. The zero-order valence-electron chi connectivity index (χ0n) is 13.8. The number of aromatic nitrogens is 1. The van der Waals surface area contributed by atoms with Crippen molar-refractivity contribution in [3.05, 3.63) is 17.0 Å². The lowest BCUT2D eigenvalue weighted by atomic mass is 10.0. The van der Waals surface area contributed by atoms with Crippen LogP contribution in [0.2, 0.25) is 0 Å². The maximum absolute atomic E-state index is 12.7. The minimum atomic E-state index is -0.232. The van der Waals surface area contributed by atoms with Gasteiger partial charge in [0.15, 0.2) is 0 Å². The molecule has 128 valence electrons. The summed E-state index contributed by atoms with van der Waals surface area (Å²) in [7, 11) is 0. The SMILES string of the molecule is CC(C)C(NCc1noc2c1COCC2)C(=O)N1CCOCC1. The van der Waals surface area contributed by atoms with Crippen LogP contribution in [0, 0.1) is 5.92 Å². The van der Waals surface area contributed by atoms with Crippen molar-refractivity contribution in [2.75, 3.05) is 32.9 Å². The highest BCUT2D eigenvalue weighted by Crippen LogP contribution is 2.20. The van der Waals surface area contributed by atoms with Gasteiger partial charge < -0.3 is 18.9 Å². The number of amides is 1. The van der Waals surface area contributed by atoms with Crippen LogP contribution in [-0.2, 0) is 33.8 Å². The first-order valence-electron chi connectivity index (χ1n) is 8.30. The Balaban J connectivity index is 1.63. The van der Waals surface area contributed by atoms with Gasteiger partial charge in [-0.25, -0.2) is 0 Å². The molecule has 7 heteroatoms. The van der Waals surface area contributed by atoms with Crippen molar-refractivity contribution in [1.29, 1.82) is 0 Å². The molecule has 0 bridgehead atoms. The van der Waals surface area contributed by atoms with Gasteiger partial charge >= 0.3 is 0 Å². The Bertz CT molecular complexity index is 537. The van der Waals surface area contributed by atoms with E-state index in [1.807, 2.05) is 4.90 Å². The predicted molar refractivity (Wildman–Crippen MR) is 82.7 cm³/mol. The molecule has 3 rings (SSSR count). The standard InChI is InChI=1S/C16H25N3O4/c1-11(2)15(16(20)19-4-7-21-8-5-19)17-9-13-12-10-22-6-3-14(12)23-18-13/h11,15,17H,3-10H2,1-2H3. The number of morpholine rings is 1. The number of carbonyl (C=O) groups is 1. The lowest BCUT2D eigenvalue weighted by Crippen LogP contribution is -2.52. The minimum absolute atomic E-state index is 0.136. The van der Waals surface area contributed by atoms with Crippen LogP contribution in [0.4, 0.5) is 0 Å². The van der Waals surface area contributed by atoms with E-state index in [1.54, 1.807) is 0 Å². The van der Waals surface area contributed by atoms with E-state index in [4.69, 9.17) is 14.0 Å². The molecule has 1 N–H and O–H groups in total. The maximum atomic E-state index is 12.7. The van der Waals surface area contributed by atoms with E-state index in [9.17, 15) is 4.79 Å². The molecule has 1 atom stereocenters. The first-order chi connectivity index (χ1) is 11.2. The fraction of sp³-hybridized carbons (Fsp3) is 0.750. The molecule has 0 radical (unpaired) electrons. The molecule has 1 fully saturated rings. The van der Waals surface area contributed by atoms with Crippen LogP contribution in [0.3, 0.4) is 0 Å². The summed E-state index contributed by atoms with van der Waals surface area (Å²) in [6, 6.07) is -0.232. The fourth-order valence-corrected chi connectivity index (χ4v) is 3.01. The first-order valence-corrected chi connectivity index (χ1v) is 8.30. The van der Waals surface area contributed by atoms with Gasteiger partial charge in [0.05, 0.1) is 32.5 Å². The largest absolute Gasteiger partial charge is 0.378 e. The van der Waals surface area contributed by atoms with Crippen molar-refractivity contribution in [3.63, 3.8) is 0 Å². The summed E-state index contributed by atoms with van der Waals surface area (Å²) in [6.07, 6.45) is 0.767. The smallest absolute Gasteiger partial charge is 0.240 e. The van der Waals surface area contributed by atoms with Gasteiger partial charge in [-0.05, 0) is 5.92 Å². The number of carbonyl (C=O) groups excluding carboxylic acids is 1. The van der Waals surface area contributed by atoms with E-state index in [0.717, 1.165) is 23.4 Å². The molecule has 0 aliphatic carbocycles. The van der Waals surface area contributed by atoms with Gasteiger partial charge in [0.25, 0.3) is 0 Å². The second-order valence-corrected chi connectivity index (χ2v) is 6.37. The molecule has 1 aromatic heterocycles. The fourth-order valence-electron chi connectivity index (χ4n) is 3.01.